The largest absolute Gasteiger partial charge is 0.481 e. The van der Waals surface area contributed by atoms with Crippen LogP contribution >= 0.6 is 0 Å². The number of hydrogen-bond donors (Lipinski definition) is 2. The predicted molar refractivity (Wildman–Crippen MR) is 95.2 cm³/mol. The van der Waals surface area contributed by atoms with Crippen molar-refractivity contribution in [3.63, 3.8) is 0 Å². The summed E-state index contributed by atoms with van der Waals surface area (Å²) in [5.41, 5.74) is 2.44. The maximum absolute atomic E-state index is 12.4. The molecule has 26 heavy (non-hydrogen) atoms. The van der Waals surface area contributed by atoms with Gasteiger partial charge in [0.15, 0.2) is 5.78 Å². The van der Waals surface area contributed by atoms with E-state index in [-0.39, 0.29) is 31.0 Å². The Hall–Kier alpha value is -2.21. The van der Waals surface area contributed by atoms with Gasteiger partial charge in [0.25, 0.3) is 0 Å². The lowest BCUT2D eigenvalue weighted by atomic mass is 9.86. The van der Waals surface area contributed by atoms with Gasteiger partial charge in [0.2, 0.25) is 5.91 Å². The Morgan fingerprint density at radius 2 is 1.81 bits per heavy atom. The van der Waals surface area contributed by atoms with E-state index in [1.807, 2.05) is 18.2 Å². The van der Waals surface area contributed by atoms with Gasteiger partial charge in [-0.05, 0) is 49.3 Å². The molecule has 6 nitrogen and oxygen atoms in total. The van der Waals surface area contributed by atoms with Crippen LogP contribution in [0, 0.1) is 0 Å². The fourth-order valence-corrected chi connectivity index (χ4v) is 3.87. The quantitative estimate of drug-likeness (QED) is 0.729. The van der Waals surface area contributed by atoms with Crippen molar-refractivity contribution < 1.29 is 24.2 Å². The zero-order valence-corrected chi connectivity index (χ0v) is 14.9. The molecule has 140 valence electrons. The van der Waals surface area contributed by atoms with E-state index in [0.717, 1.165) is 19.3 Å². The zero-order valence-electron chi connectivity index (χ0n) is 14.9. The van der Waals surface area contributed by atoms with Gasteiger partial charge >= 0.3 is 5.97 Å². The van der Waals surface area contributed by atoms with Crippen molar-refractivity contribution in [2.75, 3.05) is 13.2 Å². The standard InChI is InChI=1S/C20H25NO5/c22-17(16-5-4-14-2-1-3-15(14)12-16)6-7-18(23)21-20(13-19(24)25)8-10-26-11-9-20/h4-5,12H,1-3,6-11,13H2,(H,21,23)(H,24,25). The molecule has 0 saturated carbocycles. The molecule has 1 aliphatic heterocycles. The first-order valence-corrected chi connectivity index (χ1v) is 9.23. The van der Waals surface area contributed by atoms with Gasteiger partial charge < -0.3 is 15.2 Å². The number of aryl methyl sites for hydroxylation is 2. The van der Waals surface area contributed by atoms with E-state index >= 15 is 0 Å². The second-order valence-electron chi connectivity index (χ2n) is 7.27. The maximum Gasteiger partial charge on any atom is 0.305 e. The highest BCUT2D eigenvalue weighted by molar-refractivity contribution is 5.98. The number of carbonyl (C=O) groups is 3. The van der Waals surface area contributed by atoms with Gasteiger partial charge in [0.1, 0.15) is 0 Å². The molecule has 0 spiro atoms. The van der Waals surface area contributed by atoms with Gasteiger partial charge in [-0.25, -0.2) is 0 Å². The Kier molecular flexibility index (Phi) is 5.71. The van der Waals surface area contributed by atoms with Crippen LogP contribution in [-0.4, -0.2) is 41.5 Å². The smallest absolute Gasteiger partial charge is 0.305 e. The molecule has 1 fully saturated rings. The molecule has 1 heterocycles. The molecule has 3 rings (SSSR count). The van der Waals surface area contributed by atoms with Crippen LogP contribution < -0.4 is 5.32 Å². The summed E-state index contributed by atoms with van der Waals surface area (Å²) in [6.07, 6.45) is 4.24. The molecule has 1 amide bonds. The monoisotopic (exact) mass is 359 g/mol. The van der Waals surface area contributed by atoms with Crippen LogP contribution in [0.3, 0.4) is 0 Å². The summed E-state index contributed by atoms with van der Waals surface area (Å²) >= 11 is 0. The molecule has 1 saturated heterocycles. The fourth-order valence-electron chi connectivity index (χ4n) is 3.87. The second-order valence-corrected chi connectivity index (χ2v) is 7.27. The number of aliphatic carboxylic acids is 1. The number of carbonyl (C=O) groups excluding carboxylic acids is 2. The first kappa shape index (κ1) is 18.6. The lowest BCUT2D eigenvalue weighted by Gasteiger charge is -2.36. The molecular formula is C20H25NO5. The molecule has 2 N–H and O–H groups in total. The zero-order chi connectivity index (χ0) is 18.6. The summed E-state index contributed by atoms with van der Waals surface area (Å²) in [7, 11) is 0. The molecular weight excluding hydrogens is 334 g/mol. The highest BCUT2D eigenvalue weighted by Crippen LogP contribution is 2.26. The Balaban J connectivity index is 1.55. The van der Waals surface area contributed by atoms with Gasteiger partial charge in [-0.3, -0.25) is 14.4 Å². The van der Waals surface area contributed by atoms with Crippen LogP contribution in [-0.2, 0) is 27.2 Å². The van der Waals surface area contributed by atoms with E-state index < -0.39 is 11.5 Å². The molecule has 0 aromatic heterocycles. The third-order valence-corrected chi connectivity index (χ3v) is 5.34. The van der Waals surface area contributed by atoms with Crippen molar-refractivity contribution in [3.05, 3.63) is 34.9 Å². The molecule has 1 aromatic carbocycles. The number of carboxylic acids is 1. The first-order valence-electron chi connectivity index (χ1n) is 9.23. The first-order chi connectivity index (χ1) is 12.5. The van der Waals surface area contributed by atoms with E-state index in [1.54, 1.807) is 0 Å². The number of hydrogen-bond acceptors (Lipinski definition) is 4. The average Bonchev–Trinajstić information content (AvgIpc) is 3.07. The van der Waals surface area contributed by atoms with Gasteiger partial charge in [0, 0.05) is 31.6 Å². The predicted octanol–water partition coefficient (Wildman–Crippen LogP) is 2.28. The number of benzene rings is 1. The van der Waals surface area contributed by atoms with Crippen LogP contribution in [0.15, 0.2) is 18.2 Å². The number of ketones is 1. The van der Waals surface area contributed by atoms with E-state index in [9.17, 15) is 14.4 Å². The Morgan fingerprint density at radius 1 is 1.08 bits per heavy atom. The summed E-state index contributed by atoms with van der Waals surface area (Å²) in [5.74, 6) is -1.27. The van der Waals surface area contributed by atoms with E-state index in [4.69, 9.17) is 9.84 Å². The summed E-state index contributed by atoms with van der Waals surface area (Å²) in [4.78, 5) is 35.9. The highest BCUT2D eigenvalue weighted by Gasteiger charge is 2.36. The number of fused-ring (bicyclic) bond motifs is 1. The van der Waals surface area contributed by atoms with E-state index in [2.05, 4.69) is 5.32 Å². The molecule has 2 aliphatic rings. The topological polar surface area (TPSA) is 92.7 Å². The summed E-state index contributed by atoms with van der Waals surface area (Å²) in [6.45, 7) is 0.864. The van der Waals surface area contributed by atoms with Crippen molar-refractivity contribution in [3.8, 4) is 0 Å². The molecule has 0 unspecified atom stereocenters. The molecule has 0 bridgehead atoms. The lowest BCUT2D eigenvalue weighted by molar-refractivity contribution is -0.140. The summed E-state index contributed by atoms with van der Waals surface area (Å²) in [5, 5.41) is 12.0. The number of Topliss-reactive ketones (excluding diaryl/α,β-unsaturated/α-hetero) is 1. The third-order valence-electron chi connectivity index (χ3n) is 5.34. The average molecular weight is 359 g/mol. The van der Waals surface area contributed by atoms with Crippen molar-refractivity contribution in [2.45, 2.75) is 56.9 Å². The van der Waals surface area contributed by atoms with Gasteiger partial charge in [-0.2, -0.15) is 0 Å². The number of rotatable bonds is 7. The van der Waals surface area contributed by atoms with Crippen molar-refractivity contribution in [1.29, 1.82) is 0 Å². The molecule has 1 aromatic rings. The van der Waals surface area contributed by atoms with Gasteiger partial charge in [-0.1, -0.05) is 12.1 Å². The van der Waals surface area contributed by atoms with Crippen LogP contribution in [0.4, 0.5) is 0 Å². The van der Waals surface area contributed by atoms with Crippen molar-refractivity contribution >= 4 is 17.7 Å². The van der Waals surface area contributed by atoms with Crippen molar-refractivity contribution in [1.82, 2.24) is 5.32 Å². The number of nitrogens with one attached hydrogen (secondary N) is 1. The second kappa shape index (κ2) is 7.99. The minimum Gasteiger partial charge on any atom is -0.481 e. The Bertz CT molecular complexity index is 706. The fraction of sp³-hybridized carbons (Fsp3) is 0.550. The van der Waals surface area contributed by atoms with Gasteiger partial charge in [0.05, 0.1) is 12.0 Å². The molecule has 0 radical (unpaired) electrons. The maximum atomic E-state index is 12.4. The molecule has 6 heteroatoms. The molecule has 1 aliphatic carbocycles. The minimum absolute atomic E-state index is 0.0471. The minimum atomic E-state index is -0.943. The Labute approximate surface area is 152 Å². The van der Waals surface area contributed by atoms with E-state index in [0.29, 0.717) is 31.6 Å². The number of amides is 1. The number of carboxylic acid groups (broad SMARTS) is 1. The summed E-state index contributed by atoms with van der Waals surface area (Å²) in [6, 6.07) is 5.81. The van der Waals surface area contributed by atoms with Gasteiger partial charge in [-0.15, -0.1) is 0 Å². The van der Waals surface area contributed by atoms with Crippen LogP contribution in [0.2, 0.25) is 0 Å². The van der Waals surface area contributed by atoms with Crippen LogP contribution in [0.5, 0.6) is 0 Å². The van der Waals surface area contributed by atoms with Crippen molar-refractivity contribution in [2.24, 2.45) is 0 Å². The lowest BCUT2D eigenvalue weighted by Crippen LogP contribution is -2.53. The number of ether oxygens (including phenoxy) is 1. The summed E-state index contributed by atoms with van der Waals surface area (Å²) < 4.78 is 5.28. The SMILES string of the molecule is O=C(O)CC1(NC(=O)CCC(=O)c2ccc3c(c2)CCC3)CCOCC1. The Morgan fingerprint density at radius 3 is 2.54 bits per heavy atom. The van der Waals surface area contributed by atoms with Crippen LogP contribution in [0.1, 0.15) is 60.0 Å². The van der Waals surface area contributed by atoms with Crippen LogP contribution in [0.25, 0.3) is 0 Å². The highest BCUT2D eigenvalue weighted by atomic mass is 16.5. The third kappa shape index (κ3) is 4.49. The van der Waals surface area contributed by atoms with E-state index in [1.165, 1.54) is 11.1 Å². The normalized spacial score (nSPS) is 18.2. The molecule has 0 atom stereocenters.